The largest absolute Gasteiger partial charge is 0.239 e. The zero-order valence-corrected chi connectivity index (χ0v) is 4.94. The average molecular weight is 126 g/mol. The van der Waals surface area contributed by atoms with Gasteiger partial charge in [-0.25, -0.2) is 0 Å². The van der Waals surface area contributed by atoms with Crippen molar-refractivity contribution in [3.8, 4) is 0 Å². The van der Waals surface area contributed by atoms with Gasteiger partial charge in [0.25, 0.3) is 0 Å². The molecule has 0 rings (SSSR count). The van der Waals surface area contributed by atoms with Gasteiger partial charge >= 0.3 is 0 Å². The summed E-state index contributed by atoms with van der Waals surface area (Å²) in [6.07, 6.45) is 4.41. The normalized spacial score (nSPS) is 9.00. The predicted molar refractivity (Wildman–Crippen MR) is 34.5 cm³/mol. The van der Waals surface area contributed by atoms with Gasteiger partial charge in [0, 0.05) is 0 Å². The molecule has 0 aliphatic rings. The van der Waals surface area contributed by atoms with Gasteiger partial charge in [-0.1, -0.05) is 12.2 Å². The van der Waals surface area contributed by atoms with E-state index in [0.29, 0.717) is 0 Å². The average Bonchev–Trinajstić information content (AvgIpc) is 1.91. The summed E-state index contributed by atoms with van der Waals surface area (Å²) in [5.74, 6) is -0.340. The summed E-state index contributed by atoms with van der Waals surface area (Å²) in [4.78, 5) is 19.2. The van der Waals surface area contributed by atoms with Crippen LogP contribution in [0.4, 0.5) is 0 Å². The Morgan fingerprint density at radius 2 is 1.89 bits per heavy atom. The topological polar surface area (TPSA) is 58.9 Å². The Kier molecular flexibility index (Phi) is 4.12. The molecular formula is C5H6N2O2. The van der Waals surface area contributed by atoms with E-state index in [1.165, 1.54) is 12.2 Å². The lowest BCUT2D eigenvalue weighted by Crippen LogP contribution is -1.63. The second kappa shape index (κ2) is 4.83. The highest BCUT2D eigenvalue weighted by Crippen LogP contribution is 1.95. The van der Waals surface area contributed by atoms with Crippen LogP contribution in [-0.4, -0.2) is 0 Å². The predicted octanol–water partition coefficient (Wildman–Crippen LogP) is 1.94. The van der Waals surface area contributed by atoms with E-state index in [9.17, 15) is 9.81 Å². The summed E-state index contributed by atoms with van der Waals surface area (Å²) in [6.45, 7) is 1.75. The van der Waals surface area contributed by atoms with Gasteiger partial charge < -0.3 is 0 Å². The van der Waals surface area contributed by atoms with E-state index in [1.807, 2.05) is 0 Å². The Morgan fingerprint density at radius 3 is 2.22 bits per heavy atom. The highest BCUT2D eigenvalue weighted by Gasteiger charge is 1.87. The highest BCUT2D eigenvalue weighted by atomic mass is 16.3. The van der Waals surface area contributed by atoms with Gasteiger partial charge in [0.1, 0.15) is 0 Å². The van der Waals surface area contributed by atoms with Gasteiger partial charge in [-0.15, -0.1) is 9.81 Å². The molecule has 0 spiro atoms. The van der Waals surface area contributed by atoms with Gasteiger partial charge in [0.05, 0.1) is 0 Å². The van der Waals surface area contributed by atoms with Crippen molar-refractivity contribution in [1.29, 1.82) is 0 Å². The molecule has 0 amide bonds. The summed E-state index contributed by atoms with van der Waals surface area (Å²) in [6, 6.07) is 0. The maximum Gasteiger partial charge on any atom is 0.239 e. The molecule has 48 valence electrons. The number of rotatable bonds is 3. The molecule has 0 saturated heterocycles. The zero-order chi connectivity index (χ0) is 7.11. The molecule has 0 aliphatic carbocycles. The lowest BCUT2D eigenvalue weighted by molar-refractivity contribution is 1.21. The van der Waals surface area contributed by atoms with Crippen LogP contribution in [0.5, 0.6) is 0 Å². The number of nitroso groups, excluding NO2 is 2. The molecule has 4 nitrogen and oxygen atoms in total. The van der Waals surface area contributed by atoms with Crippen molar-refractivity contribution in [2.75, 3.05) is 0 Å². The van der Waals surface area contributed by atoms with Crippen LogP contribution in [-0.2, 0) is 0 Å². The van der Waals surface area contributed by atoms with Crippen molar-refractivity contribution in [2.45, 2.75) is 6.92 Å². The highest BCUT2D eigenvalue weighted by molar-refractivity contribution is 5.08. The van der Waals surface area contributed by atoms with Crippen molar-refractivity contribution in [3.05, 3.63) is 33.9 Å². The monoisotopic (exact) mass is 126 g/mol. The second-order valence-electron chi connectivity index (χ2n) is 1.23. The maximum absolute atomic E-state index is 9.60. The lowest BCUT2D eigenvalue weighted by atomic mass is 10.5. The first kappa shape index (κ1) is 7.68. The quantitative estimate of drug-likeness (QED) is 0.428. The Hall–Kier alpha value is -1.32. The molecule has 9 heavy (non-hydrogen) atoms. The van der Waals surface area contributed by atoms with Crippen LogP contribution in [0.15, 0.2) is 34.4 Å². The van der Waals surface area contributed by atoms with Crippen LogP contribution in [0, 0.1) is 9.81 Å². The van der Waals surface area contributed by atoms with Crippen LogP contribution in [0.25, 0.3) is 0 Å². The number of allylic oxidation sites excluding steroid dienone is 3. The molecule has 0 bridgehead atoms. The van der Waals surface area contributed by atoms with Crippen molar-refractivity contribution in [1.82, 2.24) is 0 Å². The van der Waals surface area contributed by atoms with E-state index >= 15 is 0 Å². The summed E-state index contributed by atoms with van der Waals surface area (Å²) < 4.78 is 0. The summed E-state index contributed by atoms with van der Waals surface area (Å²) >= 11 is 0. The third kappa shape index (κ3) is 3.28. The molecule has 0 fully saturated rings. The Balaban J connectivity index is 4.06. The van der Waals surface area contributed by atoms with Crippen molar-refractivity contribution < 1.29 is 0 Å². The minimum atomic E-state index is -0.340. The molecule has 0 heterocycles. The molecule has 0 radical (unpaired) electrons. The van der Waals surface area contributed by atoms with E-state index in [2.05, 4.69) is 10.4 Å². The Labute approximate surface area is 52.2 Å². The fourth-order valence-electron chi connectivity index (χ4n) is 0.260. The Bertz CT molecular complexity index is 150. The van der Waals surface area contributed by atoms with E-state index in [0.717, 1.165) is 0 Å². The molecular weight excluding hydrogens is 120 g/mol. The minimum absolute atomic E-state index is 0.340. The first-order valence-electron chi connectivity index (χ1n) is 2.35. The fourth-order valence-corrected chi connectivity index (χ4v) is 0.260. The Morgan fingerprint density at radius 1 is 1.33 bits per heavy atom. The summed E-state index contributed by atoms with van der Waals surface area (Å²) in [7, 11) is 0. The van der Waals surface area contributed by atoms with Crippen molar-refractivity contribution >= 4 is 0 Å². The third-order valence-corrected chi connectivity index (χ3v) is 0.625. The fraction of sp³-hybridized carbons (Fsp3) is 0.200. The van der Waals surface area contributed by atoms with Crippen molar-refractivity contribution in [2.24, 2.45) is 10.4 Å². The first-order valence-corrected chi connectivity index (χ1v) is 2.35. The van der Waals surface area contributed by atoms with Crippen molar-refractivity contribution in [3.63, 3.8) is 0 Å². The molecule has 0 aromatic rings. The van der Waals surface area contributed by atoms with E-state index in [1.54, 1.807) is 13.0 Å². The number of hydrogen-bond donors (Lipinski definition) is 0. The van der Waals surface area contributed by atoms with E-state index < -0.39 is 0 Å². The first-order chi connectivity index (χ1) is 4.35. The van der Waals surface area contributed by atoms with Gasteiger partial charge in [0.2, 0.25) is 5.82 Å². The van der Waals surface area contributed by atoms with E-state index in [4.69, 9.17) is 0 Å². The molecule has 0 saturated carbocycles. The smallest absolute Gasteiger partial charge is 0.143 e. The summed E-state index contributed by atoms with van der Waals surface area (Å²) in [5.41, 5.74) is 0. The zero-order valence-electron chi connectivity index (χ0n) is 4.94. The SMILES string of the molecule is CC=CC=C(N=O)N=O. The van der Waals surface area contributed by atoms with Crippen LogP contribution in [0.3, 0.4) is 0 Å². The van der Waals surface area contributed by atoms with Crippen LogP contribution in [0.1, 0.15) is 6.92 Å². The summed E-state index contributed by atoms with van der Waals surface area (Å²) in [5, 5.41) is 4.65. The standard InChI is InChI=1S/C5H6N2O2/c1-2-3-4-5(6-8)7-9/h2-4H,1H3. The van der Waals surface area contributed by atoms with Gasteiger partial charge in [-0.05, 0) is 23.4 Å². The minimum Gasteiger partial charge on any atom is -0.143 e. The maximum atomic E-state index is 9.60. The second-order valence-corrected chi connectivity index (χ2v) is 1.23. The molecule has 4 heteroatoms. The molecule has 0 aliphatic heterocycles. The van der Waals surface area contributed by atoms with E-state index in [-0.39, 0.29) is 5.82 Å². The molecule has 0 atom stereocenters. The number of nitrogens with zero attached hydrogens (tertiary/aromatic N) is 2. The van der Waals surface area contributed by atoms with Gasteiger partial charge in [0.15, 0.2) is 0 Å². The van der Waals surface area contributed by atoms with Crippen LogP contribution in [0.2, 0.25) is 0 Å². The molecule has 0 aromatic heterocycles. The van der Waals surface area contributed by atoms with Gasteiger partial charge in [-0.3, -0.25) is 0 Å². The van der Waals surface area contributed by atoms with Gasteiger partial charge in [-0.2, -0.15) is 0 Å². The third-order valence-electron chi connectivity index (χ3n) is 0.625. The lowest BCUT2D eigenvalue weighted by Gasteiger charge is -1.73. The molecule has 0 N–H and O–H groups in total. The number of hydrogen-bond acceptors (Lipinski definition) is 4. The van der Waals surface area contributed by atoms with Crippen LogP contribution >= 0.6 is 0 Å². The van der Waals surface area contributed by atoms with Crippen LogP contribution < -0.4 is 0 Å². The molecule has 0 aromatic carbocycles. The molecule has 0 unspecified atom stereocenters.